The number of fused-ring (bicyclic) bond motifs is 1. The molecule has 0 radical (unpaired) electrons. The zero-order valence-corrected chi connectivity index (χ0v) is 12.4. The fraction of sp³-hybridized carbons (Fsp3) is 0.333. The Morgan fingerprint density at radius 3 is 2.58 bits per heavy atom. The molecule has 3 N–H and O–H groups in total. The van der Waals surface area contributed by atoms with E-state index >= 15 is 0 Å². The number of hydrogen-bond donors (Lipinski definition) is 3. The van der Waals surface area contributed by atoms with Gasteiger partial charge in [-0.1, -0.05) is 18.2 Å². The summed E-state index contributed by atoms with van der Waals surface area (Å²) in [6, 6.07) is 4.43. The van der Waals surface area contributed by atoms with Crippen LogP contribution in [0.4, 0.5) is 13.2 Å². The molecular formula is C15H14F3N3O3. The van der Waals surface area contributed by atoms with E-state index in [9.17, 15) is 27.9 Å². The summed E-state index contributed by atoms with van der Waals surface area (Å²) in [5.41, 5.74) is -0.774. The molecule has 128 valence electrons. The number of aliphatic hydroxyl groups is 1. The van der Waals surface area contributed by atoms with E-state index in [0.717, 1.165) is 12.1 Å². The molecule has 0 fully saturated rings. The minimum atomic E-state index is -4.67. The molecule has 0 aliphatic carbocycles. The number of aromatic amines is 2. The average Bonchev–Trinajstić information content (AvgIpc) is 2.91. The van der Waals surface area contributed by atoms with E-state index < -0.39 is 35.0 Å². The standard InChI is InChI=1S/C15H14F3N3O3/c16-15(17,18)9-4-2-1-3-8(9)12(22)13(23)21-6-5-10-11(7-21)20-14(24)19-10/h1-4,12,22H,5-7H2,(H2,19,20,24). The molecule has 6 nitrogen and oxygen atoms in total. The molecule has 0 spiro atoms. The van der Waals surface area contributed by atoms with Gasteiger partial charge in [0.2, 0.25) is 0 Å². The molecule has 0 saturated carbocycles. The molecule has 1 aliphatic heterocycles. The molecule has 1 unspecified atom stereocenters. The molecule has 2 heterocycles. The Labute approximate surface area is 133 Å². The Morgan fingerprint density at radius 2 is 1.88 bits per heavy atom. The number of alkyl halides is 3. The molecule has 1 atom stereocenters. The summed E-state index contributed by atoms with van der Waals surface area (Å²) in [6.07, 6.45) is -6.23. The second kappa shape index (κ2) is 5.82. The highest BCUT2D eigenvalue weighted by molar-refractivity contribution is 5.82. The summed E-state index contributed by atoms with van der Waals surface area (Å²) < 4.78 is 39.1. The number of H-pyrrole nitrogens is 2. The summed E-state index contributed by atoms with van der Waals surface area (Å²) in [7, 11) is 0. The zero-order chi connectivity index (χ0) is 17.5. The Bertz CT molecular complexity index is 825. The van der Waals surface area contributed by atoms with Gasteiger partial charge in [-0.2, -0.15) is 13.2 Å². The van der Waals surface area contributed by atoms with Crippen LogP contribution in [-0.4, -0.2) is 32.4 Å². The second-order valence-corrected chi connectivity index (χ2v) is 5.53. The van der Waals surface area contributed by atoms with Gasteiger partial charge in [0.25, 0.3) is 5.91 Å². The van der Waals surface area contributed by atoms with Crippen LogP contribution in [0.25, 0.3) is 0 Å². The van der Waals surface area contributed by atoms with Gasteiger partial charge in [0.1, 0.15) is 0 Å². The molecule has 1 aliphatic rings. The van der Waals surface area contributed by atoms with Crippen molar-refractivity contribution in [1.82, 2.24) is 14.9 Å². The Hall–Kier alpha value is -2.55. The van der Waals surface area contributed by atoms with Crippen LogP contribution in [0.5, 0.6) is 0 Å². The van der Waals surface area contributed by atoms with Gasteiger partial charge >= 0.3 is 11.9 Å². The van der Waals surface area contributed by atoms with Gasteiger partial charge < -0.3 is 20.0 Å². The summed E-state index contributed by atoms with van der Waals surface area (Å²) >= 11 is 0. The van der Waals surface area contributed by atoms with Crippen molar-refractivity contribution in [2.24, 2.45) is 0 Å². The highest BCUT2D eigenvalue weighted by Gasteiger charge is 2.37. The van der Waals surface area contributed by atoms with E-state index in [2.05, 4.69) is 9.97 Å². The van der Waals surface area contributed by atoms with Crippen molar-refractivity contribution in [3.8, 4) is 0 Å². The Kier molecular flexibility index (Phi) is 3.96. The van der Waals surface area contributed by atoms with E-state index in [1.807, 2.05) is 0 Å². The largest absolute Gasteiger partial charge is 0.416 e. The Balaban J connectivity index is 1.85. The number of carbonyl (C=O) groups excluding carboxylic acids is 1. The highest BCUT2D eigenvalue weighted by atomic mass is 19.4. The molecular weight excluding hydrogens is 327 g/mol. The van der Waals surface area contributed by atoms with Crippen LogP contribution < -0.4 is 5.69 Å². The number of amides is 1. The van der Waals surface area contributed by atoms with Crippen LogP contribution in [-0.2, 0) is 23.9 Å². The third kappa shape index (κ3) is 2.94. The van der Waals surface area contributed by atoms with Crippen LogP contribution in [0.15, 0.2) is 29.1 Å². The predicted molar refractivity (Wildman–Crippen MR) is 76.9 cm³/mol. The first-order valence-electron chi connectivity index (χ1n) is 7.20. The lowest BCUT2D eigenvalue weighted by molar-refractivity contribution is -0.145. The van der Waals surface area contributed by atoms with Crippen LogP contribution in [0, 0.1) is 0 Å². The van der Waals surface area contributed by atoms with E-state index in [4.69, 9.17) is 0 Å². The van der Waals surface area contributed by atoms with Gasteiger partial charge in [0.05, 0.1) is 17.8 Å². The number of nitrogens with one attached hydrogen (secondary N) is 2. The zero-order valence-electron chi connectivity index (χ0n) is 12.4. The van der Waals surface area contributed by atoms with Crippen molar-refractivity contribution < 1.29 is 23.1 Å². The number of nitrogens with zero attached hydrogens (tertiary/aromatic N) is 1. The van der Waals surface area contributed by atoms with E-state index in [1.165, 1.54) is 17.0 Å². The maximum absolute atomic E-state index is 13.0. The summed E-state index contributed by atoms with van der Waals surface area (Å²) in [5.74, 6) is -0.834. The fourth-order valence-electron chi connectivity index (χ4n) is 2.81. The van der Waals surface area contributed by atoms with Crippen molar-refractivity contribution >= 4 is 5.91 Å². The first-order valence-corrected chi connectivity index (χ1v) is 7.20. The molecule has 24 heavy (non-hydrogen) atoms. The molecule has 3 rings (SSSR count). The van der Waals surface area contributed by atoms with E-state index in [0.29, 0.717) is 17.8 Å². The van der Waals surface area contributed by atoms with Crippen molar-refractivity contribution in [3.05, 3.63) is 57.3 Å². The molecule has 0 bridgehead atoms. The number of imidazole rings is 1. The molecule has 9 heteroatoms. The topological polar surface area (TPSA) is 89.2 Å². The van der Waals surface area contributed by atoms with Crippen molar-refractivity contribution in [2.45, 2.75) is 25.2 Å². The molecule has 1 aromatic heterocycles. The quantitative estimate of drug-likeness (QED) is 0.770. The molecule has 1 aromatic carbocycles. The third-order valence-corrected chi connectivity index (χ3v) is 3.98. The lowest BCUT2D eigenvalue weighted by Gasteiger charge is -2.29. The minimum absolute atomic E-state index is 0.0259. The van der Waals surface area contributed by atoms with Crippen LogP contribution in [0.3, 0.4) is 0 Å². The van der Waals surface area contributed by atoms with Gasteiger partial charge in [-0.25, -0.2) is 4.79 Å². The number of halogens is 3. The maximum atomic E-state index is 13.0. The van der Waals surface area contributed by atoms with Crippen LogP contribution in [0.1, 0.15) is 28.6 Å². The average molecular weight is 341 g/mol. The fourth-order valence-corrected chi connectivity index (χ4v) is 2.81. The summed E-state index contributed by atoms with van der Waals surface area (Å²) in [5, 5.41) is 10.2. The highest BCUT2D eigenvalue weighted by Crippen LogP contribution is 2.35. The van der Waals surface area contributed by atoms with Gasteiger partial charge in [-0.15, -0.1) is 0 Å². The van der Waals surface area contributed by atoms with Crippen LogP contribution in [0.2, 0.25) is 0 Å². The van der Waals surface area contributed by atoms with Crippen molar-refractivity contribution in [3.63, 3.8) is 0 Å². The van der Waals surface area contributed by atoms with Crippen molar-refractivity contribution in [2.75, 3.05) is 6.54 Å². The Morgan fingerprint density at radius 1 is 1.21 bits per heavy atom. The second-order valence-electron chi connectivity index (χ2n) is 5.53. The monoisotopic (exact) mass is 341 g/mol. The molecule has 2 aromatic rings. The van der Waals surface area contributed by atoms with Crippen molar-refractivity contribution in [1.29, 1.82) is 0 Å². The molecule has 0 saturated heterocycles. The normalized spacial score (nSPS) is 15.9. The van der Waals surface area contributed by atoms with Gasteiger partial charge in [0, 0.05) is 24.2 Å². The number of aliphatic hydroxyl groups excluding tert-OH is 1. The lowest BCUT2D eigenvalue weighted by Crippen LogP contribution is -2.39. The number of aromatic nitrogens is 2. The molecule has 1 amide bonds. The van der Waals surface area contributed by atoms with E-state index in [-0.39, 0.29) is 13.1 Å². The number of hydrogen-bond acceptors (Lipinski definition) is 3. The number of benzene rings is 1. The van der Waals surface area contributed by atoms with E-state index in [1.54, 1.807) is 0 Å². The van der Waals surface area contributed by atoms with Crippen LogP contribution >= 0.6 is 0 Å². The number of carbonyl (C=O) groups is 1. The minimum Gasteiger partial charge on any atom is -0.378 e. The van der Waals surface area contributed by atoms with Gasteiger partial charge in [-0.05, 0) is 6.07 Å². The summed E-state index contributed by atoms with van der Waals surface area (Å²) in [4.78, 5) is 30.0. The predicted octanol–water partition coefficient (Wildman–Crippen LogP) is 1.34. The maximum Gasteiger partial charge on any atom is 0.416 e. The summed E-state index contributed by atoms with van der Waals surface area (Å²) in [6.45, 7) is 0.225. The van der Waals surface area contributed by atoms with Gasteiger partial charge in [0.15, 0.2) is 6.10 Å². The first kappa shape index (κ1) is 16.3. The smallest absolute Gasteiger partial charge is 0.378 e. The lowest BCUT2D eigenvalue weighted by atomic mass is 10.00. The SMILES string of the molecule is O=C(C(O)c1ccccc1C(F)(F)F)N1CCc2[nH]c(=O)[nH]c2C1. The third-order valence-electron chi connectivity index (χ3n) is 3.98. The first-order chi connectivity index (χ1) is 11.3. The van der Waals surface area contributed by atoms with Gasteiger partial charge in [-0.3, -0.25) is 4.79 Å². The number of rotatable bonds is 2.